The average molecular weight is 437 g/mol. The topological polar surface area (TPSA) is 85.8 Å². The number of thiophene rings is 1. The summed E-state index contributed by atoms with van der Waals surface area (Å²) < 4.78 is 0. The van der Waals surface area contributed by atoms with E-state index in [1.807, 2.05) is 10.3 Å². The molecule has 31 heavy (non-hydrogen) atoms. The van der Waals surface area contributed by atoms with Gasteiger partial charge in [0, 0.05) is 31.4 Å². The van der Waals surface area contributed by atoms with E-state index in [-0.39, 0.29) is 17.5 Å². The van der Waals surface area contributed by atoms with Crippen molar-refractivity contribution in [3.8, 4) is 0 Å². The molecule has 8 heteroatoms. The average Bonchev–Trinajstić information content (AvgIpc) is 3.29. The number of pyridine rings is 1. The first kappa shape index (κ1) is 20.9. The Labute approximate surface area is 185 Å². The first-order valence-corrected chi connectivity index (χ1v) is 11.0. The smallest absolute Gasteiger partial charge is 0.339 e. The molecular weight excluding hydrogens is 412 g/mol. The third-order valence-electron chi connectivity index (χ3n) is 5.36. The van der Waals surface area contributed by atoms with Crippen molar-refractivity contribution in [3.63, 3.8) is 0 Å². The number of aryl methyl sites for hydroxylation is 1. The summed E-state index contributed by atoms with van der Waals surface area (Å²) in [5.41, 5.74) is 2.83. The van der Waals surface area contributed by atoms with Gasteiger partial charge in [-0.05, 0) is 49.1 Å². The van der Waals surface area contributed by atoms with Gasteiger partial charge in [-0.15, -0.1) is 11.3 Å². The van der Waals surface area contributed by atoms with Crippen LogP contribution in [0.5, 0.6) is 0 Å². The monoisotopic (exact) mass is 436 g/mol. The molecule has 1 saturated heterocycles. The molecule has 0 spiro atoms. The van der Waals surface area contributed by atoms with Crippen molar-refractivity contribution < 1.29 is 14.7 Å². The molecule has 2 N–H and O–H groups in total. The Bertz CT molecular complexity index is 1100. The minimum absolute atomic E-state index is 0.0835. The van der Waals surface area contributed by atoms with E-state index in [9.17, 15) is 14.7 Å². The van der Waals surface area contributed by atoms with Gasteiger partial charge in [0.15, 0.2) is 0 Å². The van der Waals surface area contributed by atoms with Crippen molar-refractivity contribution >= 4 is 40.4 Å². The molecule has 4 rings (SSSR count). The quantitative estimate of drug-likeness (QED) is 0.626. The maximum atomic E-state index is 12.3. The van der Waals surface area contributed by atoms with Gasteiger partial charge in [0.1, 0.15) is 11.4 Å². The number of amides is 1. The molecule has 1 aliphatic rings. The zero-order chi connectivity index (χ0) is 22.0. The van der Waals surface area contributed by atoms with E-state index < -0.39 is 5.97 Å². The van der Waals surface area contributed by atoms with Crippen LogP contribution in [-0.4, -0.2) is 47.6 Å². The van der Waals surface area contributed by atoms with Crippen LogP contribution >= 0.6 is 11.3 Å². The third kappa shape index (κ3) is 4.54. The number of carbonyl (C=O) groups excluding carboxylic acids is 1. The fourth-order valence-corrected chi connectivity index (χ4v) is 4.49. The number of nitrogens with one attached hydrogen (secondary N) is 1. The minimum atomic E-state index is -1.07. The number of nitrogens with zero attached hydrogens (tertiary/aromatic N) is 3. The van der Waals surface area contributed by atoms with Crippen molar-refractivity contribution in [2.75, 3.05) is 34.8 Å². The number of benzene rings is 1. The summed E-state index contributed by atoms with van der Waals surface area (Å²) in [6.07, 6.45) is 1.52. The zero-order valence-electron chi connectivity index (χ0n) is 17.4. The lowest BCUT2D eigenvalue weighted by Crippen LogP contribution is -2.52. The highest BCUT2D eigenvalue weighted by Crippen LogP contribution is 2.27. The Morgan fingerprint density at radius 1 is 1.19 bits per heavy atom. The summed E-state index contributed by atoms with van der Waals surface area (Å²) in [6.45, 7) is 6.29. The molecule has 3 heterocycles. The summed E-state index contributed by atoms with van der Waals surface area (Å²) >= 11 is 1.32. The van der Waals surface area contributed by atoms with Crippen LogP contribution in [0, 0.1) is 6.92 Å². The Kier molecular flexibility index (Phi) is 5.90. The highest BCUT2D eigenvalue weighted by molar-refractivity contribution is 7.12. The van der Waals surface area contributed by atoms with Gasteiger partial charge in [-0.2, -0.15) is 0 Å². The molecular formula is C23H24N4O3S. The van der Waals surface area contributed by atoms with Gasteiger partial charge in [0.05, 0.1) is 16.8 Å². The van der Waals surface area contributed by atoms with Gasteiger partial charge in [0.25, 0.3) is 5.91 Å². The Morgan fingerprint density at radius 3 is 2.71 bits per heavy atom. The Morgan fingerprint density at radius 2 is 2.03 bits per heavy atom. The van der Waals surface area contributed by atoms with Gasteiger partial charge in [-0.3, -0.25) is 4.79 Å². The fraction of sp³-hybridized carbons (Fsp3) is 0.261. The SMILES string of the molecule is Cc1cccc(N2CCN(c3ncc(NC(=O)c4cccs4)cc3C(=O)O)C[C@@H]2C)c1. The predicted octanol–water partition coefficient (Wildman–Crippen LogP) is 4.12. The number of hydrogen-bond donors (Lipinski definition) is 2. The number of rotatable bonds is 5. The number of carboxylic acid groups (broad SMARTS) is 1. The minimum Gasteiger partial charge on any atom is -0.478 e. The number of aromatic carboxylic acids is 1. The van der Waals surface area contributed by atoms with Crippen LogP contribution in [-0.2, 0) is 0 Å². The molecule has 3 aromatic rings. The maximum absolute atomic E-state index is 12.3. The normalized spacial score (nSPS) is 16.3. The molecule has 0 unspecified atom stereocenters. The van der Waals surface area contributed by atoms with Gasteiger partial charge in [-0.25, -0.2) is 9.78 Å². The summed E-state index contributed by atoms with van der Waals surface area (Å²) in [6, 6.07) is 13.6. The molecule has 0 radical (unpaired) electrons. The molecule has 0 saturated carbocycles. The summed E-state index contributed by atoms with van der Waals surface area (Å²) in [4.78, 5) is 33.6. The first-order chi connectivity index (χ1) is 14.9. The van der Waals surface area contributed by atoms with Gasteiger partial charge in [0.2, 0.25) is 0 Å². The molecule has 2 aromatic heterocycles. The standard InChI is InChI=1S/C23H24N4O3S/c1-15-5-3-6-18(11-15)27-9-8-26(14-16(27)2)21-19(23(29)30)12-17(13-24-21)25-22(28)20-7-4-10-31-20/h3-7,10-13,16H,8-9,14H2,1-2H3,(H,25,28)(H,29,30)/t16-/m0/s1. The molecule has 1 aromatic carbocycles. The molecule has 1 fully saturated rings. The summed E-state index contributed by atoms with van der Waals surface area (Å²) in [5.74, 6) is -0.915. The van der Waals surface area contributed by atoms with Crippen molar-refractivity contribution in [2.45, 2.75) is 19.9 Å². The van der Waals surface area contributed by atoms with Gasteiger partial charge < -0.3 is 20.2 Å². The van der Waals surface area contributed by atoms with E-state index >= 15 is 0 Å². The van der Waals surface area contributed by atoms with Crippen LogP contribution in [0.15, 0.2) is 54.0 Å². The van der Waals surface area contributed by atoms with E-state index in [0.29, 0.717) is 29.5 Å². The number of hydrogen-bond acceptors (Lipinski definition) is 6. The second-order valence-corrected chi connectivity index (χ2v) is 8.61. The maximum Gasteiger partial charge on any atom is 0.339 e. The number of aromatic nitrogens is 1. The van der Waals surface area contributed by atoms with Gasteiger partial charge >= 0.3 is 5.97 Å². The predicted molar refractivity (Wildman–Crippen MR) is 124 cm³/mol. The molecule has 160 valence electrons. The van der Waals surface area contributed by atoms with E-state index in [4.69, 9.17) is 0 Å². The second kappa shape index (κ2) is 8.77. The van der Waals surface area contributed by atoms with E-state index in [1.165, 1.54) is 34.9 Å². The van der Waals surface area contributed by atoms with Crippen LogP contribution in [0.25, 0.3) is 0 Å². The largest absolute Gasteiger partial charge is 0.478 e. The van der Waals surface area contributed by atoms with Crippen molar-refractivity contribution in [1.29, 1.82) is 0 Å². The first-order valence-electron chi connectivity index (χ1n) is 10.1. The fourth-order valence-electron chi connectivity index (χ4n) is 3.88. The summed E-state index contributed by atoms with van der Waals surface area (Å²) in [5, 5.41) is 14.3. The van der Waals surface area contributed by atoms with Crippen LogP contribution in [0.3, 0.4) is 0 Å². The third-order valence-corrected chi connectivity index (χ3v) is 6.23. The number of anilines is 3. The van der Waals surface area contributed by atoms with E-state index in [0.717, 1.165) is 6.54 Å². The van der Waals surface area contributed by atoms with Gasteiger partial charge in [-0.1, -0.05) is 18.2 Å². The van der Waals surface area contributed by atoms with E-state index in [1.54, 1.807) is 12.1 Å². The molecule has 1 aliphatic heterocycles. The van der Waals surface area contributed by atoms with Crippen LogP contribution in [0.4, 0.5) is 17.2 Å². The molecule has 1 atom stereocenters. The second-order valence-electron chi connectivity index (χ2n) is 7.66. The summed E-state index contributed by atoms with van der Waals surface area (Å²) in [7, 11) is 0. The number of piperazine rings is 1. The zero-order valence-corrected chi connectivity index (χ0v) is 18.2. The number of carboxylic acids is 1. The van der Waals surface area contributed by atoms with Crippen LogP contribution in [0.1, 0.15) is 32.5 Å². The van der Waals surface area contributed by atoms with Crippen molar-refractivity contribution in [3.05, 3.63) is 70.0 Å². The van der Waals surface area contributed by atoms with E-state index in [2.05, 4.69) is 53.3 Å². The van der Waals surface area contributed by atoms with Crippen molar-refractivity contribution in [2.24, 2.45) is 0 Å². The molecule has 1 amide bonds. The molecule has 0 aliphatic carbocycles. The lowest BCUT2D eigenvalue weighted by atomic mass is 10.1. The lowest BCUT2D eigenvalue weighted by Gasteiger charge is -2.42. The Hall–Kier alpha value is -3.39. The molecule has 0 bridgehead atoms. The Balaban J connectivity index is 1.52. The van der Waals surface area contributed by atoms with Crippen LogP contribution in [0.2, 0.25) is 0 Å². The van der Waals surface area contributed by atoms with Crippen LogP contribution < -0.4 is 15.1 Å². The highest BCUT2D eigenvalue weighted by atomic mass is 32.1. The lowest BCUT2D eigenvalue weighted by molar-refractivity contribution is 0.0696. The van der Waals surface area contributed by atoms with Crippen molar-refractivity contribution in [1.82, 2.24) is 4.98 Å². The number of carbonyl (C=O) groups is 2. The molecule has 7 nitrogen and oxygen atoms in total. The highest BCUT2D eigenvalue weighted by Gasteiger charge is 2.28.